The van der Waals surface area contributed by atoms with Crippen LogP contribution in [0.4, 0.5) is 0 Å². The van der Waals surface area contributed by atoms with Crippen LogP contribution < -0.4 is 0 Å². The van der Waals surface area contributed by atoms with Gasteiger partial charge in [0.15, 0.2) is 5.78 Å². The Labute approximate surface area is 180 Å². The molecule has 0 bridgehead atoms. The number of hydrogen-bond acceptors (Lipinski definition) is 4. The minimum absolute atomic E-state index is 0.0291. The van der Waals surface area contributed by atoms with E-state index in [4.69, 9.17) is 0 Å². The van der Waals surface area contributed by atoms with Gasteiger partial charge in [-0.1, -0.05) is 56.7 Å². The van der Waals surface area contributed by atoms with Crippen molar-refractivity contribution in [3.05, 3.63) is 71.6 Å². The minimum Gasteiger partial charge on any atom is -0.302 e. The lowest BCUT2D eigenvalue weighted by Gasteiger charge is -2.45. The maximum absolute atomic E-state index is 13.6. The van der Waals surface area contributed by atoms with Crippen molar-refractivity contribution in [3.63, 3.8) is 0 Å². The Morgan fingerprint density at radius 3 is 2.43 bits per heavy atom. The fraction of sp³-hybridized carbons (Fsp3) is 0.462. The molecule has 0 amide bonds. The van der Waals surface area contributed by atoms with Crippen molar-refractivity contribution in [3.8, 4) is 0 Å². The molecule has 1 aromatic heterocycles. The molecule has 4 nitrogen and oxygen atoms in total. The number of likely N-dealkylation sites (tertiary alicyclic amines) is 2. The number of ketones is 1. The van der Waals surface area contributed by atoms with E-state index in [1.165, 1.54) is 37.9 Å². The van der Waals surface area contributed by atoms with Crippen molar-refractivity contribution in [2.24, 2.45) is 5.41 Å². The molecule has 1 aromatic carbocycles. The predicted octanol–water partition coefficient (Wildman–Crippen LogP) is 4.60. The van der Waals surface area contributed by atoms with E-state index in [2.05, 4.69) is 52.9 Å². The summed E-state index contributed by atoms with van der Waals surface area (Å²) in [4.78, 5) is 23.1. The number of benzene rings is 1. The third kappa shape index (κ3) is 4.71. The lowest BCUT2D eigenvalue weighted by atomic mass is 9.74. The number of piperidine rings is 2. The van der Waals surface area contributed by atoms with Crippen LogP contribution >= 0.6 is 0 Å². The van der Waals surface area contributed by atoms with E-state index in [0.29, 0.717) is 0 Å². The van der Waals surface area contributed by atoms with Gasteiger partial charge >= 0.3 is 0 Å². The van der Waals surface area contributed by atoms with Crippen molar-refractivity contribution in [1.82, 2.24) is 14.8 Å². The first-order valence-electron chi connectivity index (χ1n) is 11.2. The summed E-state index contributed by atoms with van der Waals surface area (Å²) in [7, 11) is 0. The van der Waals surface area contributed by atoms with Crippen LogP contribution in [-0.4, -0.2) is 53.3 Å². The van der Waals surface area contributed by atoms with Gasteiger partial charge in [0.2, 0.25) is 0 Å². The molecular formula is C26H33N3O. The zero-order valence-electron chi connectivity index (χ0n) is 18.3. The zero-order chi connectivity index (χ0) is 21.0. The highest BCUT2D eigenvalue weighted by molar-refractivity contribution is 6.05. The number of nitrogens with zero attached hydrogens (tertiary/aromatic N) is 3. The van der Waals surface area contributed by atoms with Crippen molar-refractivity contribution in [2.75, 3.05) is 32.7 Å². The molecular weight excluding hydrogens is 370 g/mol. The second kappa shape index (κ2) is 9.23. The van der Waals surface area contributed by atoms with E-state index < -0.39 is 5.41 Å². The predicted molar refractivity (Wildman–Crippen MR) is 122 cm³/mol. The average Bonchev–Trinajstić information content (AvgIpc) is 2.77. The Kier molecular flexibility index (Phi) is 6.45. The van der Waals surface area contributed by atoms with Crippen molar-refractivity contribution >= 4 is 11.9 Å². The Hall–Kier alpha value is -2.30. The molecule has 4 rings (SSSR count). The number of hydrogen-bond donors (Lipinski definition) is 0. The van der Waals surface area contributed by atoms with Crippen LogP contribution in [0.5, 0.6) is 0 Å². The molecule has 2 aromatic rings. The Morgan fingerprint density at radius 1 is 1.00 bits per heavy atom. The van der Waals surface area contributed by atoms with E-state index in [-0.39, 0.29) is 11.8 Å². The van der Waals surface area contributed by atoms with Gasteiger partial charge in [0, 0.05) is 36.8 Å². The summed E-state index contributed by atoms with van der Waals surface area (Å²) in [5, 5.41) is 0. The molecule has 2 saturated heterocycles. The molecule has 0 radical (unpaired) electrons. The van der Waals surface area contributed by atoms with E-state index in [1.807, 2.05) is 30.3 Å². The largest absolute Gasteiger partial charge is 0.302 e. The van der Waals surface area contributed by atoms with Crippen molar-refractivity contribution in [2.45, 2.75) is 39.2 Å². The Bertz CT molecular complexity index is 870. The Balaban J connectivity index is 1.69. The van der Waals surface area contributed by atoms with E-state index in [0.717, 1.165) is 30.9 Å². The van der Waals surface area contributed by atoms with Crippen LogP contribution in [-0.2, 0) is 4.79 Å². The number of Topliss-reactive ketones (excluding diaryl/α,β-unsaturated/α-hetero) is 1. The van der Waals surface area contributed by atoms with Crippen LogP contribution in [0.25, 0.3) is 6.08 Å². The molecule has 30 heavy (non-hydrogen) atoms. The van der Waals surface area contributed by atoms with Gasteiger partial charge in [-0.2, -0.15) is 0 Å². The fourth-order valence-corrected chi connectivity index (χ4v) is 4.83. The van der Waals surface area contributed by atoms with Gasteiger partial charge in [-0.15, -0.1) is 0 Å². The number of carbonyl (C=O) groups excluding carboxylic acids is 1. The first-order valence-corrected chi connectivity index (χ1v) is 11.2. The SMILES string of the molecule is CC1(C)CN(CCN2CCCCC2)C(c2ccccc2)C(=Cc2ccccn2)C1=O. The summed E-state index contributed by atoms with van der Waals surface area (Å²) in [5.74, 6) is 0.233. The van der Waals surface area contributed by atoms with Gasteiger partial charge in [0.1, 0.15) is 0 Å². The number of rotatable bonds is 5. The van der Waals surface area contributed by atoms with Crippen molar-refractivity contribution in [1.29, 1.82) is 0 Å². The quantitative estimate of drug-likeness (QED) is 0.684. The molecule has 0 spiro atoms. The number of aromatic nitrogens is 1. The van der Waals surface area contributed by atoms with Crippen molar-refractivity contribution < 1.29 is 4.79 Å². The molecule has 2 aliphatic rings. The van der Waals surface area contributed by atoms with Gasteiger partial charge < -0.3 is 4.90 Å². The van der Waals surface area contributed by atoms with Crippen LogP contribution in [0.2, 0.25) is 0 Å². The molecule has 1 unspecified atom stereocenters. The van der Waals surface area contributed by atoms with E-state index >= 15 is 0 Å². The first-order chi connectivity index (χ1) is 14.5. The number of pyridine rings is 1. The highest BCUT2D eigenvalue weighted by Gasteiger charge is 2.43. The van der Waals surface area contributed by atoms with Gasteiger partial charge in [-0.25, -0.2) is 0 Å². The van der Waals surface area contributed by atoms with Crippen LogP contribution in [0.3, 0.4) is 0 Å². The van der Waals surface area contributed by atoms with Gasteiger partial charge in [-0.05, 0) is 49.7 Å². The third-order valence-corrected chi connectivity index (χ3v) is 6.39. The summed E-state index contributed by atoms with van der Waals surface area (Å²) in [6, 6.07) is 16.3. The molecule has 2 aliphatic heterocycles. The maximum atomic E-state index is 13.6. The minimum atomic E-state index is -0.409. The third-order valence-electron chi connectivity index (χ3n) is 6.39. The lowest BCUT2D eigenvalue weighted by molar-refractivity contribution is -0.128. The monoisotopic (exact) mass is 403 g/mol. The molecule has 1 atom stereocenters. The summed E-state index contributed by atoms with van der Waals surface area (Å²) in [6.07, 6.45) is 7.75. The molecule has 0 N–H and O–H groups in total. The zero-order valence-corrected chi connectivity index (χ0v) is 18.3. The normalized spacial score (nSPS) is 24.3. The summed E-state index contributed by atoms with van der Waals surface area (Å²) in [5.41, 5.74) is 2.47. The van der Waals surface area contributed by atoms with Crippen LogP contribution in [0, 0.1) is 5.41 Å². The fourth-order valence-electron chi connectivity index (χ4n) is 4.83. The van der Waals surface area contributed by atoms with E-state index in [1.54, 1.807) is 6.20 Å². The van der Waals surface area contributed by atoms with Gasteiger partial charge in [0.25, 0.3) is 0 Å². The molecule has 0 saturated carbocycles. The molecule has 3 heterocycles. The average molecular weight is 404 g/mol. The van der Waals surface area contributed by atoms with E-state index in [9.17, 15) is 4.79 Å². The summed E-state index contributed by atoms with van der Waals surface area (Å²) < 4.78 is 0. The smallest absolute Gasteiger partial charge is 0.167 e. The standard InChI is InChI=1S/C26H33N3O/c1-26(2)20-29(18-17-28-15-9-4-10-16-28)24(21-11-5-3-6-12-21)23(25(26)30)19-22-13-7-8-14-27-22/h3,5-8,11-14,19,24H,4,9-10,15-18,20H2,1-2H3. The second-order valence-electron chi connectivity index (χ2n) is 9.25. The van der Waals surface area contributed by atoms with Gasteiger partial charge in [0.05, 0.1) is 11.7 Å². The molecule has 4 heteroatoms. The molecule has 158 valence electrons. The summed E-state index contributed by atoms with van der Waals surface area (Å²) >= 11 is 0. The topological polar surface area (TPSA) is 36.4 Å². The highest BCUT2D eigenvalue weighted by Crippen LogP contribution is 2.41. The molecule has 0 aliphatic carbocycles. The summed E-state index contributed by atoms with van der Waals surface area (Å²) in [6.45, 7) is 9.36. The van der Waals surface area contributed by atoms with Gasteiger partial charge in [-0.3, -0.25) is 14.7 Å². The Morgan fingerprint density at radius 2 is 1.73 bits per heavy atom. The number of carbonyl (C=O) groups is 1. The molecule has 2 fully saturated rings. The first kappa shape index (κ1) is 21.0. The lowest BCUT2D eigenvalue weighted by Crippen LogP contribution is -2.51. The van der Waals surface area contributed by atoms with Crippen LogP contribution in [0.1, 0.15) is 50.4 Å². The second-order valence-corrected chi connectivity index (χ2v) is 9.25. The van der Waals surface area contributed by atoms with Crippen LogP contribution in [0.15, 0.2) is 60.3 Å². The maximum Gasteiger partial charge on any atom is 0.167 e. The highest BCUT2D eigenvalue weighted by atomic mass is 16.1.